The Morgan fingerprint density at radius 1 is 1.00 bits per heavy atom. The molecule has 7 nitrogen and oxygen atoms in total. The summed E-state index contributed by atoms with van der Waals surface area (Å²) in [6.45, 7) is 1.69. The Balaban J connectivity index is 1.44. The fourth-order valence-electron chi connectivity index (χ4n) is 4.10. The first kappa shape index (κ1) is 23.0. The van der Waals surface area contributed by atoms with Crippen LogP contribution in [0.3, 0.4) is 0 Å². The number of benzene rings is 3. The van der Waals surface area contributed by atoms with Gasteiger partial charge in [-0.1, -0.05) is 55.5 Å². The van der Waals surface area contributed by atoms with Crippen LogP contribution in [-0.2, 0) is 9.53 Å². The van der Waals surface area contributed by atoms with Crippen molar-refractivity contribution in [2.24, 2.45) is 0 Å². The summed E-state index contributed by atoms with van der Waals surface area (Å²) in [6.07, 6.45) is -0.614. The molecule has 3 aromatic carbocycles. The zero-order valence-corrected chi connectivity index (χ0v) is 18.4. The third-order valence-corrected chi connectivity index (χ3v) is 5.81. The van der Waals surface area contributed by atoms with Crippen LogP contribution < -0.4 is 10.6 Å². The Hall–Kier alpha value is -4.20. The molecular formula is C26H23FN2O5. The highest BCUT2D eigenvalue weighted by Crippen LogP contribution is 2.44. The topological polar surface area (TPSA) is 105 Å². The van der Waals surface area contributed by atoms with E-state index in [0.29, 0.717) is 0 Å². The molecule has 1 aliphatic carbocycles. The summed E-state index contributed by atoms with van der Waals surface area (Å²) in [7, 11) is 0. The lowest BCUT2D eigenvalue weighted by atomic mass is 9.98. The molecule has 34 heavy (non-hydrogen) atoms. The van der Waals surface area contributed by atoms with Crippen molar-refractivity contribution in [2.75, 3.05) is 11.9 Å². The third-order valence-electron chi connectivity index (χ3n) is 5.81. The van der Waals surface area contributed by atoms with Crippen molar-refractivity contribution in [2.45, 2.75) is 25.3 Å². The van der Waals surface area contributed by atoms with E-state index in [1.807, 2.05) is 48.5 Å². The number of carbonyl (C=O) groups excluding carboxylic acids is 2. The van der Waals surface area contributed by atoms with Crippen LogP contribution in [0.4, 0.5) is 14.9 Å². The summed E-state index contributed by atoms with van der Waals surface area (Å²) >= 11 is 0. The maximum Gasteiger partial charge on any atom is 0.411 e. The Bertz CT molecular complexity index is 1210. The molecule has 0 bridgehead atoms. The number of hydrogen-bond donors (Lipinski definition) is 3. The molecule has 174 valence electrons. The second-order valence-electron chi connectivity index (χ2n) is 7.92. The lowest BCUT2D eigenvalue weighted by Gasteiger charge is -2.15. The van der Waals surface area contributed by atoms with E-state index in [2.05, 4.69) is 10.6 Å². The minimum absolute atomic E-state index is 0.102. The minimum atomic E-state index is -1.22. The van der Waals surface area contributed by atoms with E-state index in [4.69, 9.17) is 9.84 Å². The number of fused-ring (bicyclic) bond motifs is 3. The van der Waals surface area contributed by atoms with Crippen LogP contribution in [0.2, 0.25) is 0 Å². The predicted octanol–water partition coefficient (Wildman–Crippen LogP) is 4.78. The van der Waals surface area contributed by atoms with E-state index in [0.717, 1.165) is 34.4 Å². The average Bonchev–Trinajstić information content (AvgIpc) is 3.15. The van der Waals surface area contributed by atoms with Crippen molar-refractivity contribution in [3.05, 3.63) is 89.2 Å². The highest BCUT2D eigenvalue weighted by Gasteiger charge is 2.29. The van der Waals surface area contributed by atoms with E-state index in [1.54, 1.807) is 6.92 Å². The lowest BCUT2D eigenvalue weighted by Crippen LogP contribution is -2.40. The zero-order chi connectivity index (χ0) is 24.2. The number of ether oxygens (including phenoxy) is 1. The molecule has 1 aliphatic rings. The van der Waals surface area contributed by atoms with Crippen molar-refractivity contribution in [3.8, 4) is 11.1 Å². The smallest absolute Gasteiger partial charge is 0.411 e. The number of carboxylic acid groups (broad SMARTS) is 1. The van der Waals surface area contributed by atoms with Crippen molar-refractivity contribution in [1.82, 2.24) is 5.32 Å². The van der Waals surface area contributed by atoms with Gasteiger partial charge in [0, 0.05) is 11.6 Å². The van der Waals surface area contributed by atoms with Crippen LogP contribution >= 0.6 is 0 Å². The number of carboxylic acids is 1. The molecule has 3 aromatic rings. The molecular weight excluding hydrogens is 439 g/mol. The van der Waals surface area contributed by atoms with Gasteiger partial charge in [0.05, 0.1) is 5.56 Å². The van der Waals surface area contributed by atoms with Gasteiger partial charge in [-0.2, -0.15) is 0 Å². The molecule has 2 amide bonds. The summed E-state index contributed by atoms with van der Waals surface area (Å²) in [5.74, 6) is -3.06. The largest absolute Gasteiger partial charge is 0.480 e. The van der Waals surface area contributed by atoms with Gasteiger partial charge in [0.1, 0.15) is 18.5 Å². The van der Waals surface area contributed by atoms with Gasteiger partial charge >= 0.3 is 12.1 Å². The van der Waals surface area contributed by atoms with Gasteiger partial charge in [-0.05, 0) is 46.9 Å². The number of anilines is 1. The number of hydrogen-bond acceptors (Lipinski definition) is 4. The summed E-state index contributed by atoms with van der Waals surface area (Å²) in [4.78, 5) is 36.0. The number of carbonyl (C=O) groups is 3. The van der Waals surface area contributed by atoms with E-state index in [1.165, 1.54) is 6.07 Å². The van der Waals surface area contributed by atoms with Gasteiger partial charge in [0.25, 0.3) is 5.91 Å². The first-order valence-corrected chi connectivity index (χ1v) is 10.8. The van der Waals surface area contributed by atoms with Crippen LogP contribution in [0.25, 0.3) is 11.1 Å². The second kappa shape index (κ2) is 9.74. The molecule has 0 heterocycles. The molecule has 0 aromatic heterocycles. The quantitative estimate of drug-likeness (QED) is 0.469. The Morgan fingerprint density at radius 3 is 2.21 bits per heavy atom. The summed E-state index contributed by atoms with van der Waals surface area (Å²) in [6, 6.07) is 18.2. The summed E-state index contributed by atoms with van der Waals surface area (Å²) in [5.41, 5.74) is 4.12. The van der Waals surface area contributed by atoms with Gasteiger partial charge in [0.15, 0.2) is 0 Å². The van der Waals surface area contributed by atoms with Crippen molar-refractivity contribution in [1.29, 1.82) is 0 Å². The minimum Gasteiger partial charge on any atom is -0.480 e. The number of rotatable bonds is 7. The van der Waals surface area contributed by atoms with Crippen molar-refractivity contribution >= 4 is 23.7 Å². The normalized spacial score (nSPS) is 12.9. The Kier molecular flexibility index (Phi) is 6.58. The van der Waals surface area contributed by atoms with Crippen LogP contribution in [0.1, 0.15) is 40.7 Å². The van der Waals surface area contributed by atoms with Crippen LogP contribution in [0.5, 0.6) is 0 Å². The van der Waals surface area contributed by atoms with E-state index < -0.39 is 29.8 Å². The molecule has 0 saturated carbocycles. The molecule has 0 saturated heterocycles. The van der Waals surface area contributed by atoms with Gasteiger partial charge in [-0.3, -0.25) is 10.1 Å². The SMILES string of the molecule is CC[C@@H](NC(=O)c1cc(NC(=O)OCC2c3ccccc3-c3ccccc32)ccc1F)C(=O)O. The average molecular weight is 462 g/mol. The molecule has 3 N–H and O–H groups in total. The van der Waals surface area contributed by atoms with Crippen LogP contribution in [0, 0.1) is 5.82 Å². The first-order chi connectivity index (χ1) is 16.4. The summed E-state index contributed by atoms with van der Waals surface area (Å²) in [5, 5.41) is 13.9. The van der Waals surface area contributed by atoms with Gasteiger partial charge in [0.2, 0.25) is 0 Å². The molecule has 0 aliphatic heterocycles. The van der Waals surface area contributed by atoms with Crippen LogP contribution in [-0.4, -0.2) is 35.7 Å². The predicted molar refractivity (Wildman–Crippen MR) is 124 cm³/mol. The van der Waals surface area contributed by atoms with Gasteiger partial charge in [-0.25, -0.2) is 14.0 Å². The molecule has 0 spiro atoms. The maximum atomic E-state index is 14.2. The fraction of sp³-hybridized carbons (Fsp3) is 0.192. The lowest BCUT2D eigenvalue weighted by molar-refractivity contribution is -0.139. The third kappa shape index (κ3) is 4.61. The van der Waals surface area contributed by atoms with E-state index >= 15 is 0 Å². The first-order valence-electron chi connectivity index (χ1n) is 10.8. The molecule has 4 rings (SSSR count). The summed E-state index contributed by atoms with van der Waals surface area (Å²) < 4.78 is 19.7. The monoisotopic (exact) mass is 462 g/mol. The van der Waals surface area contributed by atoms with Crippen molar-refractivity contribution in [3.63, 3.8) is 0 Å². The molecule has 1 atom stereocenters. The highest BCUT2D eigenvalue weighted by atomic mass is 19.1. The zero-order valence-electron chi connectivity index (χ0n) is 18.4. The molecule has 0 fully saturated rings. The maximum absolute atomic E-state index is 14.2. The molecule has 0 unspecified atom stereocenters. The standard InChI is InChI=1S/C26H23FN2O5/c1-2-23(25(31)32)29-24(30)20-13-15(11-12-22(20)27)28-26(33)34-14-21-18-9-5-3-7-16(18)17-8-4-6-10-19(17)21/h3-13,21,23H,2,14H2,1H3,(H,28,33)(H,29,30)(H,31,32)/t23-/m1/s1. The second-order valence-corrected chi connectivity index (χ2v) is 7.92. The number of nitrogens with one attached hydrogen (secondary N) is 2. The number of aliphatic carboxylic acids is 1. The van der Waals surface area contributed by atoms with E-state index in [9.17, 15) is 18.8 Å². The van der Waals surface area contributed by atoms with Crippen molar-refractivity contribution < 1.29 is 28.6 Å². The molecule has 8 heteroatoms. The Labute approximate surface area is 195 Å². The number of halogens is 1. The fourth-order valence-corrected chi connectivity index (χ4v) is 4.10. The van der Waals surface area contributed by atoms with Crippen LogP contribution in [0.15, 0.2) is 66.7 Å². The Morgan fingerprint density at radius 2 is 1.62 bits per heavy atom. The molecule has 0 radical (unpaired) electrons. The van der Waals surface area contributed by atoms with E-state index in [-0.39, 0.29) is 30.2 Å². The van der Waals surface area contributed by atoms with Gasteiger partial charge in [-0.15, -0.1) is 0 Å². The van der Waals surface area contributed by atoms with Gasteiger partial charge < -0.3 is 15.2 Å². The highest BCUT2D eigenvalue weighted by molar-refractivity contribution is 5.98. The number of amides is 2.